The first kappa shape index (κ1) is 18.9. The monoisotopic (exact) mass is 377 g/mol. The van der Waals surface area contributed by atoms with Crippen molar-refractivity contribution in [1.29, 1.82) is 0 Å². The highest BCUT2D eigenvalue weighted by Crippen LogP contribution is 2.36. The van der Waals surface area contributed by atoms with E-state index in [0.29, 0.717) is 12.1 Å². The van der Waals surface area contributed by atoms with Crippen molar-refractivity contribution in [2.45, 2.75) is 51.4 Å². The molecule has 0 bridgehead atoms. The van der Waals surface area contributed by atoms with Gasteiger partial charge in [-0.05, 0) is 45.2 Å². The van der Waals surface area contributed by atoms with Gasteiger partial charge in [-0.25, -0.2) is 4.79 Å². The number of amides is 2. The van der Waals surface area contributed by atoms with E-state index in [2.05, 4.69) is 5.32 Å². The molecule has 1 aliphatic heterocycles. The third-order valence-corrected chi connectivity index (χ3v) is 4.15. The number of carbonyl (C=O) groups excluding carboxylic acids is 2. The summed E-state index contributed by atoms with van der Waals surface area (Å²) in [6, 6.07) is 3.37. The Morgan fingerprint density at radius 3 is 2.63 bits per heavy atom. The lowest BCUT2D eigenvalue weighted by Gasteiger charge is -2.36. The Kier molecular flexibility index (Phi) is 4.95. The Hall–Kier alpha value is -2.84. The summed E-state index contributed by atoms with van der Waals surface area (Å²) in [6.07, 6.45) is 1.11. The number of carbonyl (C=O) groups is 2. The summed E-state index contributed by atoms with van der Waals surface area (Å²) in [5.41, 5.74) is -0.599. The number of nitro groups is 1. The smallest absolute Gasteiger partial charge is 0.411 e. The van der Waals surface area contributed by atoms with Crippen LogP contribution in [0.2, 0.25) is 0 Å². The van der Waals surface area contributed by atoms with Gasteiger partial charge in [0.25, 0.3) is 0 Å². The van der Waals surface area contributed by atoms with Crippen molar-refractivity contribution in [3.63, 3.8) is 0 Å². The highest BCUT2D eigenvalue weighted by molar-refractivity contribution is 5.88. The lowest BCUT2D eigenvalue weighted by molar-refractivity contribution is -0.386. The standard InChI is InChI=1S/C18H23N3O6/c1-18(2,3)27-17(23)20-9-8-19-16(22)15(20)11-4-7-14(26-12-5-6-12)13(10-11)21(24)25/h4,7,10,12,15H,5-6,8-9H2,1-3H3,(H,19,22). The van der Waals surface area contributed by atoms with Crippen LogP contribution >= 0.6 is 0 Å². The van der Waals surface area contributed by atoms with Gasteiger partial charge in [0.05, 0.1) is 11.0 Å². The average molecular weight is 377 g/mol. The molecule has 2 aliphatic rings. The molecule has 0 spiro atoms. The number of nitrogens with one attached hydrogen (secondary N) is 1. The van der Waals surface area contributed by atoms with Gasteiger partial charge in [-0.1, -0.05) is 6.07 Å². The first-order chi connectivity index (χ1) is 12.7. The van der Waals surface area contributed by atoms with Crippen LogP contribution in [0.15, 0.2) is 18.2 Å². The van der Waals surface area contributed by atoms with Crippen molar-refractivity contribution in [3.05, 3.63) is 33.9 Å². The van der Waals surface area contributed by atoms with E-state index in [0.717, 1.165) is 12.8 Å². The van der Waals surface area contributed by atoms with Gasteiger partial charge in [-0.15, -0.1) is 0 Å². The van der Waals surface area contributed by atoms with Crippen LogP contribution in [-0.4, -0.2) is 46.6 Å². The fourth-order valence-corrected chi connectivity index (χ4v) is 2.83. The van der Waals surface area contributed by atoms with Gasteiger partial charge in [0.2, 0.25) is 5.91 Å². The minimum Gasteiger partial charge on any atom is -0.483 e. The van der Waals surface area contributed by atoms with E-state index in [9.17, 15) is 19.7 Å². The molecule has 1 N–H and O–H groups in total. The van der Waals surface area contributed by atoms with Crippen molar-refractivity contribution in [2.24, 2.45) is 0 Å². The molecule has 0 radical (unpaired) electrons. The Bertz CT molecular complexity index is 769. The summed E-state index contributed by atoms with van der Waals surface area (Å²) in [6.45, 7) is 5.75. The molecule has 3 rings (SSSR count). The van der Waals surface area contributed by atoms with Gasteiger partial charge in [0.15, 0.2) is 5.75 Å². The summed E-state index contributed by atoms with van der Waals surface area (Å²) in [5.74, 6) is -0.233. The zero-order valence-electron chi connectivity index (χ0n) is 15.6. The molecule has 1 aliphatic carbocycles. The number of nitro benzene ring substituents is 1. The van der Waals surface area contributed by atoms with Crippen molar-refractivity contribution < 1.29 is 24.0 Å². The molecule has 1 aromatic carbocycles. The largest absolute Gasteiger partial charge is 0.483 e. The SMILES string of the molecule is CC(C)(C)OC(=O)N1CCNC(=O)C1c1ccc(OC2CC2)c([N+](=O)[O-])c1. The number of hydrogen-bond acceptors (Lipinski definition) is 6. The fraction of sp³-hybridized carbons (Fsp3) is 0.556. The molecule has 1 unspecified atom stereocenters. The Balaban J connectivity index is 1.92. The molecule has 1 atom stereocenters. The van der Waals surface area contributed by atoms with Gasteiger partial charge in [-0.2, -0.15) is 0 Å². The van der Waals surface area contributed by atoms with Crippen LogP contribution in [0.4, 0.5) is 10.5 Å². The van der Waals surface area contributed by atoms with E-state index < -0.39 is 28.6 Å². The normalized spacial score (nSPS) is 20.0. The molecule has 146 valence electrons. The van der Waals surface area contributed by atoms with Crippen molar-refractivity contribution in [1.82, 2.24) is 10.2 Å². The summed E-state index contributed by atoms with van der Waals surface area (Å²) >= 11 is 0. The number of nitrogens with zero attached hydrogens (tertiary/aromatic N) is 2. The molecular weight excluding hydrogens is 354 g/mol. The van der Waals surface area contributed by atoms with Gasteiger partial charge in [0, 0.05) is 19.2 Å². The molecule has 9 nitrogen and oxygen atoms in total. The maximum atomic E-state index is 12.5. The molecule has 0 aromatic heterocycles. The number of piperazine rings is 1. The minimum atomic E-state index is -0.998. The molecule has 1 saturated carbocycles. The second-order valence-corrected chi connectivity index (χ2v) is 7.67. The highest BCUT2D eigenvalue weighted by atomic mass is 16.6. The second kappa shape index (κ2) is 7.05. The number of hydrogen-bond donors (Lipinski definition) is 1. The van der Waals surface area contributed by atoms with Crippen LogP contribution in [0, 0.1) is 10.1 Å². The summed E-state index contributed by atoms with van der Waals surface area (Å²) in [5, 5.41) is 14.2. The van der Waals surface area contributed by atoms with Crippen LogP contribution in [0.5, 0.6) is 5.75 Å². The molecule has 27 heavy (non-hydrogen) atoms. The third kappa shape index (κ3) is 4.47. The molecule has 2 fully saturated rings. The van der Waals surface area contributed by atoms with Crippen LogP contribution in [0.1, 0.15) is 45.2 Å². The maximum Gasteiger partial charge on any atom is 0.411 e. The van der Waals surface area contributed by atoms with Gasteiger partial charge >= 0.3 is 11.8 Å². The summed E-state index contributed by atoms with van der Waals surface area (Å²) < 4.78 is 11.0. The van der Waals surface area contributed by atoms with E-state index in [1.165, 1.54) is 17.0 Å². The van der Waals surface area contributed by atoms with Crippen molar-refractivity contribution in [2.75, 3.05) is 13.1 Å². The Morgan fingerprint density at radius 2 is 2.04 bits per heavy atom. The predicted octanol–water partition coefficient (Wildman–Crippen LogP) is 2.54. The minimum absolute atomic E-state index is 0.00536. The van der Waals surface area contributed by atoms with E-state index in [1.807, 2.05) is 0 Å². The fourth-order valence-electron chi connectivity index (χ4n) is 2.83. The Labute approximate surface area is 156 Å². The zero-order chi connectivity index (χ0) is 19.8. The van der Waals surface area contributed by atoms with E-state index in [1.54, 1.807) is 26.8 Å². The van der Waals surface area contributed by atoms with E-state index in [-0.39, 0.29) is 24.1 Å². The predicted molar refractivity (Wildman–Crippen MR) is 95.4 cm³/mol. The van der Waals surface area contributed by atoms with Crippen molar-refractivity contribution >= 4 is 17.7 Å². The number of ether oxygens (including phenoxy) is 2. The van der Waals surface area contributed by atoms with Crippen LogP contribution < -0.4 is 10.1 Å². The molecule has 1 aromatic rings. The average Bonchev–Trinajstić information content (AvgIpc) is 3.37. The molecule has 1 saturated heterocycles. The van der Waals surface area contributed by atoms with Gasteiger partial charge in [0.1, 0.15) is 11.6 Å². The highest BCUT2D eigenvalue weighted by Gasteiger charge is 2.38. The zero-order valence-corrected chi connectivity index (χ0v) is 15.6. The number of rotatable bonds is 4. The van der Waals surface area contributed by atoms with E-state index >= 15 is 0 Å². The maximum absolute atomic E-state index is 12.5. The first-order valence-corrected chi connectivity index (χ1v) is 8.88. The Morgan fingerprint density at radius 1 is 1.33 bits per heavy atom. The van der Waals surface area contributed by atoms with E-state index in [4.69, 9.17) is 9.47 Å². The van der Waals surface area contributed by atoms with Crippen molar-refractivity contribution in [3.8, 4) is 5.75 Å². The van der Waals surface area contributed by atoms with Crippen LogP contribution in [0.3, 0.4) is 0 Å². The van der Waals surface area contributed by atoms with Gasteiger partial charge < -0.3 is 14.8 Å². The van der Waals surface area contributed by atoms with Crippen LogP contribution in [0.25, 0.3) is 0 Å². The lowest BCUT2D eigenvalue weighted by atomic mass is 10.0. The number of benzene rings is 1. The topological polar surface area (TPSA) is 111 Å². The summed E-state index contributed by atoms with van der Waals surface area (Å²) in [7, 11) is 0. The molecule has 2 amide bonds. The van der Waals surface area contributed by atoms with Gasteiger partial charge in [-0.3, -0.25) is 19.8 Å². The first-order valence-electron chi connectivity index (χ1n) is 8.88. The molecule has 1 heterocycles. The quantitative estimate of drug-likeness (QED) is 0.638. The third-order valence-electron chi connectivity index (χ3n) is 4.15. The summed E-state index contributed by atoms with van der Waals surface area (Å²) in [4.78, 5) is 37.2. The molecule has 9 heteroatoms. The molecular formula is C18H23N3O6. The second-order valence-electron chi connectivity index (χ2n) is 7.67. The van der Waals surface area contributed by atoms with Crippen LogP contribution in [-0.2, 0) is 9.53 Å². The lowest BCUT2D eigenvalue weighted by Crippen LogP contribution is -2.53.